The second kappa shape index (κ2) is 4.56. The van der Waals surface area contributed by atoms with Crippen LogP contribution in [0.25, 0.3) is 0 Å². The summed E-state index contributed by atoms with van der Waals surface area (Å²) in [5, 5.41) is 0. The van der Waals surface area contributed by atoms with Crippen molar-refractivity contribution in [3.8, 4) is 0 Å². The molecule has 1 fully saturated rings. The maximum Gasteiger partial charge on any atom is 0.254 e. The Kier molecular flexibility index (Phi) is 3.13. The van der Waals surface area contributed by atoms with Crippen LogP contribution in [0.15, 0.2) is 18.2 Å². The van der Waals surface area contributed by atoms with Crippen LogP contribution in [-0.2, 0) is 0 Å². The van der Waals surface area contributed by atoms with Crippen molar-refractivity contribution < 1.29 is 4.79 Å². The maximum atomic E-state index is 12.2. The van der Waals surface area contributed by atoms with E-state index in [1.165, 1.54) is 6.42 Å². The van der Waals surface area contributed by atoms with Gasteiger partial charge in [-0.15, -0.1) is 0 Å². The molecule has 0 atom stereocenters. The fraction of sp³-hybridized carbons (Fsp3) is 0.462. The van der Waals surface area contributed by atoms with Crippen LogP contribution in [0.2, 0.25) is 0 Å². The van der Waals surface area contributed by atoms with Gasteiger partial charge in [0.15, 0.2) is 0 Å². The number of piperidine rings is 1. The molecule has 0 aromatic heterocycles. The average molecular weight is 218 g/mol. The molecule has 1 saturated heterocycles. The van der Waals surface area contributed by atoms with Crippen LogP contribution in [0.4, 0.5) is 5.69 Å². The van der Waals surface area contributed by atoms with E-state index in [0.29, 0.717) is 5.69 Å². The molecule has 1 heterocycles. The molecule has 0 radical (unpaired) electrons. The van der Waals surface area contributed by atoms with E-state index in [2.05, 4.69) is 0 Å². The molecule has 0 saturated carbocycles. The van der Waals surface area contributed by atoms with Gasteiger partial charge in [-0.05, 0) is 43.9 Å². The number of nitrogen functional groups attached to an aromatic ring is 1. The van der Waals surface area contributed by atoms with Crippen molar-refractivity contribution in [2.75, 3.05) is 18.8 Å². The smallest absolute Gasteiger partial charge is 0.254 e. The fourth-order valence-corrected chi connectivity index (χ4v) is 2.15. The highest BCUT2D eigenvalue weighted by atomic mass is 16.2. The van der Waals surface area contributed by atoms with Crippen molar-refractivity contribution >= 4 is 11.6 Å². The number of nitrogens with zero attached hydrogens (tertiary/aromatic N) is 1. The summed E-state index contributed by atoms with van der Waals surface area (Å²) in [4.78, 5) is 14.2. The number of hydrogen-bond acceptors (Lipinski definition) is 2. The van der Waals surface area contributed by atoms with Crippen LogP contribution < -0.4 is 5.73 Å². The summed E-state index contributed by atoms with van der Waals surface area (Å²) in [6.07, 6.45) is 3.47. The predicted octanol–water partition coefficient (Wildman–Crippen LogP) is 2.20. The Morgan fingerprint density at radius 3 is 2.62 bits per heavy atom. The molecule has 1 aliphatic heterocycles. The SMILES string of the molecule is Cc1c(N)cccc1C(=O)N1CCCCC1. The highest BCUT2D eigenvalue weighted by Gasteiger charge is 2.19. The molecule has 1 aliphatic rings. The van der Waals surface area contributed by atoms with Crippen molar-refractivity contribution in [3.63, 3.8) is 0 Å². The Hall–Kier alpha value is -1.51. The van der Waals surface area contributed by atoms with E-state index >= 15 is 0 Å². The summed E-state index contributed by atoms with van der Waals surface area (Å²) in [6.45, 7) is 3.67. The summed E-state index contributed by atoms with van der Waals surface area (Å²) in [5.74, 6) is 0.129. The summed E-state index contributed by atoms with van der Waals surface area (Å²) < 4.78 is 0. The molecule has 0 aliphatic carbocycles. The average Bonchev–Trinajstić information content (AvgIpc) is 2.33. The number of carbonyl (C=O) groups excluding carboxylic acids is 1. The van der Waals surface area contributed by atoms with Gasteiger partial charge in [0.05, 0.1) is 0 Å². The van der Waals surface area contributed by atoms with Gasteiger partial charge in [-0.25, -0.2) is 0 Å². The third kappa shape index (κ3) is 2.03. The Morgan fingerprint density at radius 1 is 1.25 bits per heavy atom. The van der Waals surface area contributed by atoms with Crippen LogP contribution >= 0.6 is 0 Å². The summed E-state index contributed by atoms with van der Waals surface area (Å²) >= 11 is 0. The highest BCUT2D eigenvalue weighted by Crippen LogP contribution is 2.19. The summed E-state index contributed by atoms with van der Waals surface area (Å²) in [7, 11) is 0. The zero-order valence-corrected chi connectivity index (χ0v) is 9.70. The topological polar surface area (TPSA) is 46.3 Å². The molecule has 0 bridgehead atoms. The van der Waals surface area contributed by atoms with Gasteiger partial charge in [-0.2, -0.15) is 0 Å². The van der Waals surface area contributed by atoms with Crippen molar-refractivity contribution in [1.29, 1.82) is 0 Å². The lowest BCUT2D eigenvalue weighted by atomic mass is 10.0. The quantitative estimate of drug-likeness (QED) is 0.734. The van der Waals surface area contributed by atoms with Gasteiger partial charge >= 0.3 is 0 Å². The number of hydrogen-bond donors (Lipinski definition) is 1. The Balaban J connectivity index is 2.22. The standard InChI is InChI=1S/C13H18N2O/c1-10-11(6-5-7-12(10)14)13(16)15-8-3-2-4-9-15/h5-7H,2-4,8-9,14H2,1H3. The van der Waals surface area contributed by atoms with Crippen molar-refractivity contribution in [2.45, 2.75) is 26.2 Å². The van der Waals surface area contributed by atoms with Crippen LogP contribution in [-0.4, -0.2) is 23.9 Å². The Labute approximate surface area is 96.2 Å². The van der Waals surface area contributed by atoms with E-state index < -0.39 is 0 Å². The van der Waals surface area contributed by atoms with E-state index in [9.17, 15) is 4.79 Å². The maximum absolute atomic E-state index is 12.2. The molecule has 2 N–H and O–H groups in total. The normalized spacial score (nSPS) is 16.2. The first-order chi connectivity index (χ1) is 7.70. The molecule has 86 valence electrons. The molecule has 0 spiro atoms. The number of benzene rings is 1. The van der Waals surface area contributed by atoms with Gasteiger partial charge < -0.3 is 10.6 Å². The predicted molar refractivity (Wildman–Crippen MR) is 65.3 cm³/mol. The molecule has 1 amide bonds. The zero-order chi connectivity index (χ0) is 11.5. The second-order valence-corrected chi connectivity index (χ2v) is 4.37. The van der Waals surface area contributed by atoms with Crippen molar-refractivity contribution in [1.82, 2.24) is 4.90 Å². The number of anilines is 1. The minimum Gasteiger partial charge on any atom is -0.398 e. The molecule has 1 aromatic carbocycles. The molecule has 2 rings (SSSR count). The van der Waals surface area contributed by atoms with Gasteiger partial charge in [0, 0.05) is 24.3 Å². The van der Waals surface area contributed by atoms with Crippen molar-refractivity contribution in [2.24, 2.45) is 0 Å². The van der Waals surface area contributed by atoms with Gasteiger partial charge in [0.2, 0.25) is 0 Å². The van der Waals surface area contributed by atoms with Crippen molar-refractivity contribution in [3.05, 3.63) is 29.3 Å². The third-order valence-corrected chi connectivity index (χ3v) is 3.25. The Morgan fingerprint density at radius 2 is 1.94 bits per heavy atom. The fourth-order valence-electron chi connectivity index (χ4n) is 2.15. The first-order valence-electron chi connectivity index (χ1n) is 5.84. The summed E-state index contributed by atoms with van der Waals surface area (Å²) in [5.41, 5.74) is 8.17. The molecule has 3 heteroatoms. The molecule has 1 aromatic rings. The molecular weight excluding hydrogens is 200 g/mol. The van der Waals surface area contributed by atoms with Crippen LogP contribution in [0.3, 0.4) is 0 Å². The first-order valence-corrected chi connectivity index (χ1v) is 5.84. The monoisotopic (exact) mass is 218 g/mol. The lowest BCUT2D eigenvalue weighted by molar-refractivity contribution is 0.0723. The third-order valence-electron chi connectivity index (χ3n) is 3.25. The molecule has 3 nitrogen and oxygen atoms in total. The lowest BCUT2D eigenvalue weighted by Crippen LogP contribution is -2.36. The molecule has 0 unspecified atom stereocenters. The lowest BCUT2D eigenvalue weighted by Gasteiger charge is -2.27. The largest absolute Gasteiger partial charge is 0.398 e. The van der Waals surface area contributed by atoms with Gasteiger partial charge in [0.25, 0.3) is 5.91 Å². The highest BCUT2D eigenvalue weighted by molar-refractivity contribution is 5.96. The minimum atomic E-state index is 0.129. The molecular formula is C13H18N2O. The van der Waals surface area contributed by atoms with Crippen LogP contribution in [0, 0.1) is 6.92 Å². The zero-order valence-electron chi connectivity index (χ0n) is 9.70. The van der Waals surface area contributed by atoms with E-state index in [-0.39, 0.29) is 5.91 Å². The second-order valence-electron chi connectivity index (χ2n) is 4.37. The van der Waals surface area contributed by atoms with E-state index in [4.69, 9.17) is 5.73 Å². The van der Waals surface area contributed by atoms with Gasteiger partial charge in [0.1, 0.15) is 0 Å². The van der Waals surface area contributed by atoms with E-state index in [0.717, 1.165) is 37.1 Å². The first kappa shape index (κ1) is 11.0. The number of rotatable bonds is 1. The number of carbonyl (C=O) groups is 1. The van der Waals surface area contributed by atoms with Gasteiger partial charge in [-0.3, -0.25) is 4.79 Å². The summed E-state index contributed by atoms with van der Waals surface area (Å²) in [6, 6.07) is 5.55. The molecule has 16 heavy (non-hydrogen) atoms. The van der Waals surface area contributed by atoms with Crippen LogP contribution in [0.5, 0.6) is 0 Å². The van der Waals surface area contributed by atoms with Crippen LogP contribution in [0.1, 0.15) is 35.2 Å². The number of amides is 1. The van der Waals surface area contributed by atoms with Gasteiger partial charge in [-0.1, -0.05) is 6.07 Å². The van der Waals surface area contributed by atoms with E-state index in [1.807, 2.05) is 30.0 Å². The Bertz CT molecular complexity index is 395. The number of nitrogens with two attached hydrogens (primary N) is 1. The number of likely N-dealkylation sites (tertiary alicyclic amines) is 1. The minimum absolute atomic E-state index is 0.129. The van der Waals surface area contributed by atoms with E-state index in [1.54, 1.807) is 0 Å².